The van der Waals surface area contributed by atoms with Crippen molar-refractivity contribution in [3.8, 4) is 11.8 Å². The number of likely N-dealkylation sites (tertiary alicyclic amines) is 1. The van der Waals surface area contributed by atoms with E-state index in [1.807, 2.05) is 18.2 Å². The van der Waals surface area contributed by atoms with E-state index in [0.717, 1.165) is 25.6 Å². The maximum Gasteiger partial charge on any atom is 0.252 e. The average molecular weight is 284 g/mol. The number of hydrogen-bond donors (Lipinski definition) is 2. The van der Waals surface area contributed by atoms with Crippen LogP contribution < -0.4 is 5.32 Å². The summed E-state index contributed by atoms with van der Waals surface area (Å²) in [5.41, 5.74) is 1.25. The summed E-state index contributed by atoms with van der Waals surface area (Å²) in [5.74, 6) is 5.37. The van der Waals surface area contributed by atoms with E-state index in [1.165, 1.54) is 12.8 Å². The van der Waals surface area contributed by atoms with Gasteiger partial charge in [0.05, 0.1) is 5.56 Å². The molecular formula is C17H20N2O2. The van der Waals surface area contributed by atoms with Gasteiger partial charge in [-0.2, -0.15) is 0 Å². The lowest BCUT2D eigenvalue weighted by atomic mass is 10.1. The van der Waals surface area contributed by atoms with Crippen molar-refractivity contribution >= 4 is 5.91 Å². The van der Waals surface area contributed by atoms with Gasteiger partial charge in [0.1, 0.15) is 6.61 Å². The fourth-order valence-electron chi connectivity index (χ4n) is 2.86. The largest absolute Gasteiger partial charge is 0.384 e. The third-order valence-electron chi connectivity index (χ3n) is 4.09. The van der Waals surface area contributed by atoms with E-state index in [9.17, 15) is 4.79 Å². The Morgan fingerprint density at radius 3 is 2.90 bits per heavy atom. The fraction of sp³-hybridized carbons (Fsp3) is 0.471. The van der Waals surface area contributed by atoms with E-state index in [-0.39, 0.29) is 18.6 Å². The van der Waals surface area contributed by atoms with Gasteiger partial charge in [-0.3, -0.25) is 9.69 Å². The van der Waals surface area contributed by atoms with E-state index in [2.05, 4.69) is 22.1 Å². The molecule has 2 aliphatic rings. The van der Waals surface area contributed by atoms with Gasteiger partial charge in [0.15, 0.2) is 0 Å². The molecule has 1 atom stereocenters. The molecule has 2 N–H and O–H groups in total. The van der Waals surface area contributed by atoms with Crippen molar-refractivity contribution in [1.82, 2.24) is 10.2 Å². The topological polar surface area (TPSA) is 52.6 Å². The number of carbonyl (C=O) groups is 1. The van der Waals surface area contributed by atoms with Crippen LogP contribution in [0.3, 0.4) is 0 Å². The molecular weight excluding hydrogens is 264 g/mol. The van der Waals surface area contributed by atoms with E-state index >= 15 is 0 Å². The number of nitrogens with one attached hydrogen (secondary N) is 1. The molecule has 1 unspecified atom stereocenters. The molecule has 1 aliphatic carbocycles. The van der Waals surface area contributed by atoms with Gasteiger partial charge in [-0.25, -0.2) is 0 Å². The summed E-state index contributed by atoms with van der Waals surface area (Å²) in [6.45, 7) is 1.84. The predicted molar refractivity (Wildman–Crippen MR) is 80.9 cm³/mol. The van der Waals surface area contributed by atoms with Crippen LogP contribution in [0.1, 0.15) is 35.2 Å². The second-order valence-corrected chi connectivity index (χ2v) is 5.69. The molecule has 1 heterocycles. The van der Waals surface area contributed by atoms with Gasteiger partial charge >= 0.3 is 0 Å². The summed E-state index contributed by atoms with van der Waals surface area (Å²) in [6, 6.07) is 8.27. The molecule has 1 aromatic rings. The van der Waals surface area contributed by atoms with Crippen LogP contribution in [0.25, 0.3) is 0 Å². The molecule has 1 amide bonds. The minimum atomic E-state index is -0.199. The molecule has 1 aromatic carbocycles. The summed E-state index contributed by atoms with van der Waals surface area (Å²) in [6.07, 6.45) is 3.63. The van der Waals surface area contributed by atoms with Gasteiger partial charge in [-0.1, -0.05) is 24.0 Å². The molecule has 0 spiro atoms. The van der Waals surface area contributed by atoms with Crippen molar-refractivity contribution < 1.29 is 9.90 Å². The first-order chi connectivity index (χ1) is 10.3. The SMILES string of the molecule is O=C(NC1CCN(C2CC2)C1)c1ccccc1C#CCO. The van der Waals surface area contributed by atoms with E-state index in [1.54, 1.807) is 6.07 Å². The zero-order chi connectivity index (χ0) is 14.7. The van der Waals surface area contributed by atoms with Crippen LogP contribution in [0.5, 0.6) is 0 Å². The molecule has 21 heavy (non-hydrogen) atoms. The molecule has 110 valence electrons. The maximum atomic E-state index is 12.4. The summed E-state index contributed by atoms with van der Waals surface area (Å²) < 4.78 is 0. The van der Waals surface area contributed by atoms with Gasteiger partial charge in [0.2, 0.25) is 0 Å². The molecule has 1 saturated carbocycles. The van der Waals surface area contributed by atoms with E-state index in [4.69, 9.17) is 5.11 Å². The first kappa shape index (κ1) is 14.1. The Hall–Kier alpha value is -1.83. The minimum absolute atomic E-state index is 0.0690. The number of carbonyl (C=O) groups excluding carboxylic acids is 1. The minimum Gasteiger partial charge on any atom is -0.384 e. The quantitative estimate of drug-likeness (QED) is 0.814. The first-order valence-electron chi connectivity index (χ1n) is 7.51. The zero-order valence-corrected chi connectivity index (χ0v) is 12.0. The van der Waals surface area contributed by atoms with E-state index < -0.39 is 0 Å². The van der Waals surface area contributed by atoms with Crippen molar-refractivity contribution in [2.24, 2.45) is 0 Å². The second-order valence-electron chi connectivity index (χ2n) is 5.69. The molecule has 4 heteroatoms. The molecule has 2 fully saturated rings. The monoisotopic (exact) mass is 284 g/mol. The molecule has 0 aromatic heterocycles. The Balaban J connectivity index is 1.65. The number of benzene rings is 1. The standard InChI is InChI=1S/C17H20N2O2/c20-11-3-5-13-4-1-2-6-16(13)17(21)18-14-9-10-19(12-14)15-7-8-15/h1-2,4,6,14-15,20H,7-12H2,(H,18,21). The zero-order valence-electron chi connectivity index (χ0n) is 12.0. The van der Waals surface area contributed by atoms with Crippen LogP contribution in [0.2, 0.25) is 0 Å². The van der Waals surface area contributed by atoms with Gasteiger partial charge in [0.25, 0.3) is 5.91 Å². The highest BCUT2D eigenvalue weighted by Crippen LogP contribution is 2.29. The molecule has 1 saturated heterocycles. The van der Waals surface area contributed by atoms with Gasteiger partial charge in [-0.05, 0) is 31.4 Å². The number of amides is 1. The lowest BCUT2D eigenvalue weighted by Crippen LogP contribution is -2.37. The van der Waals surface area contributed by atoms with Crippen molar-refractivity contribution in [2.45, 2.75) is 31.3 Å². The Bertz CT molecular complexity index is 584. The first-order valence-corrected chi connectivity index (χ1v) is 7.51. The average Bonchev–Trinajstić information content (AvgIpc) is 3.26. The van der Waals surface area contributed by atoms with Crippen LogP contribution in [-0.2, 0) is 0 Å². The molecule has 0 bridgehead atoms. The summed E-state index contributed by atoms with van der Waals surface area (Å²) >= 11 is 0. The summed E-state index contributed by atoms with van der Waals surface area (Å²) in [7, 11) is 0. The number of hydrogen-bond acceptors (Lipinski definition) is 3. The van der Waals surface area contributed by atoms with Crippen molar-refractivity contribution in [1.29, 1.82) is 0 Å². The van der Waals surface area contributed by atoms with Crippen molar-refractivity contribution in [2.75, 3.05) is 19.7 Å². The second kappa shape index (κ2) is 6.30. The highest BCUT2D eigenvalue weighted by atomic mass is 16.2. The maximum absolute atomic E-state index is 12.4. The smallest absolute Gasteiger partial charge is 0.252 e. The molecule has 3 rings (SSSR count). The summed E-state index contributed by atoms with van der Waals surface area (Å²) in [5, 5.41) is 11.9. The predicted octanol–water partition coefficient (Wildman–Crippen LogP) is 0.997. The third-order valence-corrected chi connectivity index (χ3v) is 4.09. The number of rotatable bonds is 3. The normalized spacial score (nSPS) is 21.7. The van der Waals surface area contributed by atoms with Gasteiger partial charge in [0, 0.05) is 30.7 Å². The lowest BCUT2D eigenvalue weighted by molar-refractivity contribution is 0.0937. The third kappa shape index (κ3) is 3.44. The number of aliphatic hydroxyl groups excluding tert-OH is 1. The number of nitrogens with zero attached hydrogens (tertiary/aromatic N) is 1. The van der Waals surface area contributed by atoms with Crippen LogP contribution in [-0.4, -0.2) is 47.7 Å². The highest BCUT2D eigenvalue weighted by molar-refractivity contribution is 5.96. The van der Waals surface area contributed by atoms with Crippen molar-refractivity contribution in [3.05, 3.63) is 35.4 Å². The molecule has 0 radical (unpaired) electrons. The molecule has 4 nitrogen and oxygen atoms in total. The fourth-order valence-corrected chi connectivity index (χ4v) is 2.86. The van der Waals surface area contributed by atoms with E-state index in [0.29, 0.717) is 11.1 Å². The number of aliphatic hydroxyl groups is 1. The Kier molecular flexibility index (Phi) is 4.23. The van der Waals surface area contributed by atoms with Crippen LogP contribution in [0.4, 0.5) is 0 Å². The van der Waals surface area contributed by atoms with Crippen molar-refractivity contribution in [3.63, 3.8) is 0 Å². The van der Waals surface area contributed by atoms with Crippen LogP contribution in [0.15, 0.2) is 24.3 Å². The summed E-state index contributed by atoms with van der Waals surface area (Å²) in [4.78, 5) is 14.9. The molecule has 1 aliphatic heterocycles. The van der Waals surface area contributed by atoms with Gasteiger partial charge < -0.3 is 10.4 Å². The van der Waals surface area contributed by atoms with Crippen LogP contribution in [0, 0.1) is 11.8 Å². The van der Waals surface area contributed by atoms with Crippen LogP contribution >= 0.6 is 0 Å². The van der Waals surface area contributed by atoms with Gasteiger partial charge in [-0.15, -0.1) is 0 Å². The Morgan fingerprint density at radius 2 is 2.14 bits per heavy atom. The Labute approximate surface area is 125 Å². The Morgan fingerprint density at radius 1 is 1.33 bits per heavy atom. The highest BCUT2D eigenvalue weighted by Gasteiger charge is 2.34. The lowest BCUT2D eigenvalue weighted by Gasteiger charge is -2.16.